The maximum atomic E-state index is 13.3. The van der Waals surface area contributed by atoms with E-state index in [2.05, 4.69) is 15.3 Å². The van der Waals surface area contributed by atoms with Crippen molar-refractivity contribution in [2.75, 3.05) is 32.4 Å². The van der Waals surface area contributed by atoms with E-state index in [-0.39, 0.29) is 5.69 Å². The van der Waals surface area contributed by atoms with Gasteiger partial charge in [0.2, 0.25) is 0 Å². The number of carbonyl (C=O) groups excluding carboxylic acids is 1. The van der Waals surface area contributed by atoms with Crippen molar-refractivity contribution in [3.63, 3.8) is 0 Å². The van der Waals surface area contributed by atoms with Crippen LogP contribution in [-0.2, 0) is 17.8 Å². The number of aryl methyl sites for hydroxylation is 1. The number of nitrogens with zero attached hydrogens (tertiary/aromatic N) is 4. The summed E-state index contributed by atoms with van der Waals surface area (Å²) >= 11 is 6.42. The molecule has 2 aromatic heterocycles. The Morgan fingerprint density at radius 3 is 2.93 bits per heavy atom. The van der Waals surface area contributed by atoms with Gasteiger partial charge < -0.3 is 19.7 Å². The molecule has 8 nitrogen and oxygen atoms in total. The van der Waals surface area contributed by atoms with Crippen LogP contribution in [0.3, 0.4) is 0 Å². The molecule has 4 aromatic rings. The summed E-state index contributed by atoms with van der Waals surface area (Å²) in [5.74, 6) is -2.43. The molecule has 0 radical (unpaired) electrons. The minimum Gasteiger partial charge on any atom is -0.494 e. The number of aromatic nitrogens is 2. The Balaban J connectivity index is 1.95. The number of carbonyl (C=O) groups is 1. The maximum absolute atomic E-state index is 13.3. The van der Waals surface area contributed by atoms with Gasteiger partial charge in [0.15, 0.2) is 5.78 Å². The molecule has 0 bridgehead atoms. The van der Waals surface area contributed by atoms with E-state index in [0.717, 1.165) is 17.9 Å². The highest BCUT2D eigenvalue weighted by Crippen LogP contribution is 2.36. The summed E-state index contributed by atoms with van der Waals surface area (Å²) in [5, 5.41) is 11.4. The molecule has 0 fully saturated rings. The average Bonchev–Trinajstić information content (AvgIpc) is 3.10. The van der Waals surface area contributed by atoms with Crippen LogP contribution >= 0.6 is 11.6 Å². The van der Waals surface area contributed by atoms with Crippen molar-refractivity contribution in [1.82, 2.24) is 14.9 Å². The van der Waals surface area contributed by atoms with Crippen molar-refractivity contribution in [2.24, 2.45) is 0 Å². The van der Waals surface area contributed by atoms with Crippen LogP contribution in [0, 0.1) is 18.3 Å². The molecule has 4 rings (SSSR count). The third-order valence-electron chi connectivity index (χ3n) is 5.00. The number of pyridine rings is 2. The Kier molecular flexibility index (Phi) is 4.84. The van der Waals surface area contributed by atoms with Gasteiger partial charge in [-0.05, 0) is 70.2 Å². The van der Waals surface area contributed by atoms with Crippen LogP contribution in [0.5, 0.6) is 11.5 Å². The summed E-state index contributed by atoms with van der Waals surface area (Å²) in [7, 11) is 1.20. The Morgan fingerprint density at radius 1 is 1.29 bits per heavy atom. The predicted molar refractivity (Wildman–Crippen MR) is 162 cm³/mol. The molecule has 0 unspecified atom stereocenters. The van der Waals surface area contributed by atoms with Crippen LogP contribution in [0.4, 0.5) is 11.4 Å². The zero-order valence-corrected chi connectivity index (χ0v) is 22.6. The fourth-order valence-electron chi connectivity index (χ4n) is 3.29. The number of nitriles is 1. The molecule has 0 saturated carbocycles. The fraction of sp³-hybridized carbons (Fsp3) is 0.250. The second kappa shape index (κ2) is 13.8. The first-order valence-corrected chi connectivity index (χ1v) is 12.1. The third kappa shape index (κ3) is 7.82. The van der Waals surface area contributed by atoms with Crippen molar-refractivity contribution in [3.05, 3.63) is 94.2 Å². The fourth-order valence-corrected chi connectivity index (χ4v) is 3.47. The topological polar surface area (TPSA) is 100 Å². The van der Waals surface area contributed by atoms with E-state index in [1.165, 1.54) is 14.0 Å². The average molecular weight is 587 g/mol. The summed E-state index contributed by atoms with van der Waals surface area (Å²) in [6.45, 7) is -6.43. The van der Waals surface area contributed by atoms with E-state index in [1.54, 1.807) is 6.07 Å². The van der Waals surface area contributed by atoms with Gasteiger partial charge in [-0.1, -0.05) is 23.7 Å². The van der Waals surface area contributed by atoms with Crippen molar-refractivity contribution in [1.29, 1.82) is 5.26 Å². The van der Waals surface area contributed by atoms with E-state index in [9.17, 15) is 10.1 Å². The maximum Gasteiger partial charge on any atom is 0.159 e. The number of hydrogen-bond acceptors (Lipinski definition) is 8. The molecular formula is C32H32ClN5O3. The number of likely N-dealkylation sites (N-methyl/N-ethyl adjacent to an activating group) is 1. The van der Waals surface area contributed by atoms with Crippen LogP contribution < -0.4 is 14.8 Å². The van der Waals surface area contributed by atoms with Crippen molar-refractivity contribution in [3.8, 4) is 17.6 Å². The number of benzene rings is 2. The van der Waals surface area contributed by atoms with E-state index >= 15 is 0 Å². The second-order valence-electron chi connectivity index (χ2n) is 8.16. The first-order valence-electron chi connectivity index (χ1n) is 20.2. The summed E-state index contributed by atoms with van der Waals surface area (Å²) in [5.41, 5.74) is -3.67. The number of hydrogen-bond donors (Lipinski definition) is 1. The molecule has 0 aliphatic carbocycles. The van der Waals surface area contributed by atoms with E-state index < -0.39 is 155 Å². The minimum absolute atomic E-state index is 0.116. The van der Waals surface area contributed by atoms with E-state index in [1.807, 2.05) is 0 Å². The third-order valence-corrected chi connectivity index (χ3v) is 5.26. The summed E-state index contributed by atoms with van der Waals surface area (Å²) < 4.78 is 151. The highest BCUT2D eigenvalue weighted by molar-refractivity contribution is 6.32. The molecule has 2 aromatic carbocycles. The summed E-state index contributed by atoms with van der Waals surface area (Å²) in [4.78, 5) is 21.9. The molecule has 0 saturated heterocycles. The normalized spacial score (nSPS) is 18.3. The largest absolute Gasteiger partial charge is 0.494 e. The molecule has 0 spiro atoms. The molecule has 0 aliphatic rings. The number of ketones is 1. The van der Waals surface area contributed by atoms with E-state index in [0.29, 0.717) is 0 Å². The number of anilines is 2. The molecule has 0 aliphatic heterocycles. The molecule has 0 amide bonds. The van der Waals surface area contributed by atoms with Gasteiger partial charge >= 0.3 is 0 Å². The number of fused-ring (bicyclic) bond motifs is 1. The minimum atomic E-state index is -3.10. The van der Waals surface area contributed by atoms with Crippen LogP contribution in [0.2, 0.25) is 5.02 Å². The van der Waals surface area contributed by atoms with Gasteiger partial charge in [-0.25, -0.2) is 0 Å². The van der Waals surface area contributed by atoms with Crippen LogP contribution in [0.25, 0.3) is 10.9 Å². The smallest absolute Gasteiger partial charge is 0.159 e. The highest BCUT2D eigenvalue weighted by atomic mass is 35.5. The van der Waals surface area contributed by atoms with Crippen LogP contribution in [0.1, 0.15) is 52.7 Å². The Morgan fingerprint density at radius 2 is 2.15 bits per heavy atom. The van der Waals surface area contributed by atoms with Gasteiger partial charge in [0.25, 0.3) is 0 Å². The van der Waals surface area contributed by atoms with Gasteiger partial charge in [-0.3, -0.25) is 14.8 Å². The monoisotopic (exact) mass is 586 g/mol. The Labute approximate surface area is 269 Å². The summed E-state index contributed by atoms with van der Waals surface area (Å²) in [6, 6.07) is -4.80. The lowest BCUT2D eigenvalue weighted by molar-refractivity contribution is -0.114. The van der Waals surface area contributed by atoms with Crippen molar-refractivity contribution in [2.45, 2.75) is 26.8 Å². The van der Waals surface area contributed by atoms with Crippen LogP contribution in [-0.4, -0.2) is 47.8 Å². The van der Waals surface area contributed by atoms with Crippen molar-refractivity contribution >= 4 is 39.7 Å². The van der Waals surface area contributed by atoms with Crippen LogP contribution in [0.15, 0.2) is 66.6 Å². The molecule has 210 valence electrons. The van der Waals surface area contributed by atoms with Crippen molar-refractivity contribution < 1.29 is 37.6 Å². The lowest BCUT2D eigenvalue weighted by Gasteiger charge is -2.16. The Bertz CT molecular complexity index is 2400. The van der Waals surface area contributed by atoms with Gasteiger partial charge in [0, 0.05) is 51.6 Å². The lowest BCUT2D eigenvalue weighted by atomic mass is 10.0. The first-order chi connectivity index (χ1) is 26.5. The second-order valence-corrected chi connectivity index (χ2v) is 8.54. The molecule has 1 N–H and O–H groups in total. The quantitative estimate of drug-likeness (QED) is 0.190. The van der Waals surface area contributed by atoms with Gasteiger partial charge in [-0.15, -0.1) is 0 Å². The SMILES string of the molecule is [2H]/C(=C\C(=O)Cc1c(OC([2H])([2H])C)c([2H])c2nc([2H])c(C#N)c(Nc3c([2H])c([2H])c(OC([2H])([2H])c4nc(C)c([2H])c([2H])c4[2H])c(Cl)c3[2H])c2c1[2H])CN(C)C([2H])([2H])[2H]. The molecule has 2 heterocycles. The first kappa shape index (κ1) is 14.4. The van der Waals surface area contributed by atoms with Gasteiger partial charge in [0.1, 0.15) is 24.1 Å². The predicted octanol–water partition coefficient (Wildman–Crippen LogP) is 6.41. The van der Waals surface area contributed by atoms with Gasteiger partial charge in [0.05, 0.1) is 53.2 Å². The standard InChI is InChI=1S/C32H32ClN5O3/c1-5-40-31-17-29-27(15-22(31)14-26(39)10-7-13-38(3)4)32(23(18-34)19-35-29)37-24-11-12-30(28(33)16-24)41-20-25-9-6-8-21(2)36-25/h6-12,15-17,19H,5,13-14,20H2,1-4H3,(H,35,37)/b10-7+/i3D3,5D2,6D,7D,8D,9D,11D,12D,15D,16D,17D,19D,20D2. The Hall–Kier alpha value is -4.45. The molecule has 0 atom stereocenters. The molecule has 9 heteroatoms. The highest BCUT2D eigenvalue weighted by Gasteiger charge is 2.16. The van der Waals surface area contributed by atoms with Gasteiger partial charge in [-0.2, -0.15) is 5.26 Å². The number of allylic oxidation sites excluding steroid dienone is 1. The molecular weight excluding hydrogens is 538 g/mol. The van der Waals surface area contributed by atoms with E-state index in [4.69, 9.17) is 44.4 Å². The number of ether oxygens (including phenoxy) is 2. The molecule has 41 heavy (non-hydrogen) atoms. The number of rotatable bonds is 12. The zero-order chi connectivity index (χ0) is 44.1. The number of nitrogens with one attached hydrogen (secondary N) is 1. The zero-order valence-electron chi connectivity index (χ0n) is 38.9. The number of halogens is 1. The summed E-state index contributed by atoms with van der Waals surface area (Å²) in [6.07, 6.45) is -0.864. The lowest BCUT2D eigenvalue weighted by Crippen LogP contribution is -2.11.